The van der Waals surface area contributed by atoms with Crippen molar-refractivity contribution in [3.63, 3.8) is 0 Å². The number of amides is 1. The molecule has 5 heteroatoms. The summed E-state index contributed by atoms with van der Waals surface area (Å²) in [5, 5.41) is 11.6. The minimum Gasteiger partial charge on any atom is -0.345 e. The Morgan fingerprint density at radius 3 is 2.96 bits per heavy atom. The highest BCUT2D eigenvalue weighted by atomic mass is 32.1. The maximum Gasteiger partial charge on any atom is 0.252 e. The van der Waals surface area contributed by atoms with Crippen molar-refractivity contribution in [2.24, 2.45) is 0 Å². The van der Waals surface area contributed by atoms with E-state index in [4.69, 9.17) is 0 Å². The zero-order chi connectivity index (χ0) is 16.4. The molecule has 1 atom stereocenters. The van der Waals surface area contributed by atoms with Crippen molar-refractivity contribution in [3.05, 3.63) is 75.7 Å². The molecule has 0 aliphatic heterocycles. The van der Waals surface area contributed by atoms with Crippen LogP contribution in [-0.2, 0) is 13.0 Å². The molecule has 1 N–H and O–H groups in total. The van der Waals surface area contributed by atoms with E-state index >= 15 is 0 Å². The van der Waals surface area contributed by atoms with Crippen LogP contribution < -0.4 is 5.32 Å². The number of rotatable bonds is 4. The largest absolute Gasteiger partial charge is 0.345 e. The van der Waals surface area contributed by atoms with Crippen molar-refractivity contribution in [2.45, 2.75) is 31.8 Å². The van der Waals surface area contributed by atoms with Gasteiger partial charge in [-0.15, -0.1) is 0 Å². The van der Waals surface area contributed by atoms with Gasteiger partial charge in [0, 0.05) is 16.6 Å². The Labute approximate surface area is 145 Å². The Morgan fingerprint density at radius 1 is 1.29 bits per heavy atom. The number of fused-ring (bicyclic) bond motifs is 1. The Bertz CT molecular complexity index is 824. The first-order valence-electron chi connectivity index (χ1n) is 8.23. The topological polar surface area (TPSA) is 46.9 Å². The van der Waals surface area contributed by atoms with Crippen LogP contribution in [0, 0.1) is 0 Å². The lowest BCUT2D eigenvalue weighted by atomic mass is 9.92. The second-order valence-corrected chi connectivity index (χ2v) is 6.90. The molecule has 0 saturated carbocycles. The minimum absolute atomic E-state index is 0.00455. The van der Waals surface area contributed by atoms with Gasteiger partial charge >= 0.3 is 0 Å². The lowest BCUT2D eigenvalue weighted by Crippen LogP contribution is -2.30. The van der Waals surface area contributed by atoms with E-state index in [1.165, 1.54) is 16.8 Å². The van der Waals surface area contributed by atoms with Crippen LogP contribution in [0.3, 0.4) is 0 Å². The zero-order valence-electron chi connectivity index (χ0n) is 13.3. The summed E-state index contributed by atoms with van der Waals surface area (Å²) in [6.45, 7) is 0.779. The lowest BCUT2D eigenvalue weighted by molar-refractivity contribution is 0.0933. The number of carbonyl (C=O) groups excluding carboxylic acids is 1. The van der Waals surface area contributed by atoms with E-state index in [0.717, 1.165) is 31.4 Å². The highest BCUT2D eigenvalue weighted by molar-refractivity contribution is 7.08. The smallest absolute Gasteiger partial charge is 0.252 e. The van der Waals surface area contributed by atoms with Gasteiger partial charge in [-0.1, -0.05) is 30.3 Å². The molecule has 3 aromatic rings. The van der Waals surface area contributed by atoms with Gasteiger partial charge in [0.15, 0.2) is 0 Å². The third-order valence-corrected chi connectivity index (χ3v) is 5.21. The molecule has 1 aliphatic rings. The third kappa shape index (κ3) is 2.99. The van der Waals surface area contributed by atoms with E-state index in [9.17, 15) is 4.79 Å². The van der Waals surface area contributed by atoms with Crippen LogP contribution in [-0.4, -0.2) is 15.7 Å². The average Bonchev–Trinajstić information content (AvgIpc) is 3.27. The summed E-state index contributed by atoms with van der Waals surface area (Å²) < 4.78 is 2.08. The van der Waals surface area contributed by atoms with Crippen LogP contribution in [0.5, 0.6) is 0 Å². The number of carbonyl (C=O) groups is 1. The molecular formula is C19H19N3OS. The first-order valence-corrected chi connectivity index (χ1v) is 9.17. The molecule has 0 bridgehead atoms. The van der Waals surface area contributed by atoms with E-state index in [0.29, 0.717) is 0 Å². The van der Waals surface area contributed by atoms with E-state index in [2.05, 4.69) is 39.4 Å². The Balaban J connectivity index is 1.54. The summed E-state index contributed by atoms with van der Waals surface area (Å²) in [6.07, 6.45) is 4.99. The number of aromatic nitrogens is 2. The molecule has 4 rings (SSSR count). The molecule has 0 fully saturated rings. The van der Waals surface area contributed by atoms with Gasteiger partial charge in [0.05, 0.1) is 24.3 Å². The zero-order valence-corrected chi connectivity index (χ0v) is 14.1. The van der Waals surface area contributed by atoms with Crippen LogP contribution in [0.2, 0.25) is 0 Å². The van der Waals surface area contributed by atoms with Crippen LogP contribution >= 0.6 is 11.3 Å². The highest BCUT2D eigenvalue weighted by Gasteiger charge is 2.26. The predicted octanol–water partition coefficient (Wildman–Crippen LogP) is 3.80. The van der Waals surface area contributed by atoms with Gasteiger partial charge in [-0.3, -0.25) is 9.48 Å². The monoisotopic (exact) mass is 337 g/mol. The lowest BCUT2D eigenvalue weighted by Gasteiger charge is -2.24. The maximum absolute atomic E-state index is 12.3. The van der Waals surface area contributed by atoms with Crippen molar-refractivity contribution in [1.82, 2.24) is 15.1 Å². The summed E-state index contributed by atoms with van der Waals surface area (Å²) in [4.78, 5) is 12.3. The van der Waals surface area contributed by atoms with Crippen LogP contribution in [0.15, 0.2) is 53.4 Å². The van der Waals surface area contributed by atoms with Crippen LogP contribution in [0.4, 0.5) is 0 Å². The van der Waals surface area contributed by atoms with Gasteiger partial charge in [-0.25, -0.2) is 0 Å². The van der Waals surface area contributed by atoms with Gasteiger partial charge in [0.25, 0.3) is 5.91 Å². The molecule has 2 heterocycles. The molecular weight excluding hydrogens is 318 g/mol. The van der Waals surface area contributed by atoms with Crippen LogP contribution in [0.1, 0.15) is 46.1 Å². The molecule has 1 amide bonds. The summed E-state index contributed by atoms with van der Waals surface area (Å²) in [7, 11) is 0. The Kier molecular flexibility index (Phi) is 4.17. The van der Waals surface area contributed by atoms with Gasteiger partial charge in [-0.2, -0.15) is 16.4 Å². The number of benzene rings is 1. The fraction of sp³-hybridized carbons (Fsp3) is 0.263. The first kappa shape index (κ1) is 15.1. The summed E-state index contributed by atoms with van der Waals surface area (Å²) in [6, 6.07) is 12.3. The Morgan fingerprint density at radius 2 is 2.17 bits per heavy atom. The maximum atomic E-state index is 12.3. The van der Waals surface area contributed by atoms with E-state index in [1.54, 1.807) is 11.3 Å². The van der Waals surface area contributed by atoms with E-state index in [-0.39, 0.29) is 11.9 Å². The highest BCUT2D eigenvalue weighted by Crippen LogP contribution is 2.30. The average molecular weight is 337 g/mol. The minimum atomic E-state index is 0.00455. The van der Waals surface area contributed by atoms with E-state index < -0.39 is 0 Å². The van der Waals surface area contributed by atoms with Crippen molar-refractivity contribution < 1.29 is 4.79 Å². The van der Waals surface area contributed by atoms with Crippen molar-refractivity contribution in [2.75, 3.05) is 0 Å². The number of thiophene rings is 1. The fourth-order valence-electron chi connectivity index (χ4n) is 3.30. The van der Waals surface area contributed by atoms with Crippen LogP contribution in [0.25, 0.3) is 0 Å². The van der Waals surface area contributed by atoms with Crippen molar-refractivity contribution in [1.29, 1.82) is 0 Å². The molecule has 0 radical (unpaired) electrons. The van der Waals surface area contributed by atoms with Gasteiger partial charge < -0.3 is 5.32 Å². The predicted molar refractivity (Wildman–Crippen MR) is 95.2 cm³/mol. The second kappa shape index (κ2) is 6.61. The molecule has 2 aromatic heterocycles. The number of hydrogen-bond acceptors (Lipinski definition) is 3. The molecule has 0 saturated heterocycles. The Hall–Kier alpha value is -2.40. The first-order chi connectivity index (χ1) is 11.8. The second-order valence-electron chi connectivity index (χ2n) is 6.12. The van der Waals surface area contributed by atoms with Gasteiger partial charge in [-0.05, 0) is 36.3 Å². The third-order valence-electron chi connectivity index (χ3n) is 4.53. The van der Waals surface area contributed by atoms with Crippen molar-refractivity contribution >= 4 is 17.2 Å². The molecule has 4 nitrogen and oxygen atoms in total. The molecule has 24 heavy (non-hydrogen) atoms. The van der Waals surface area contributed by atoms with Crippen molar-refractivity contribution in [3.8, 4) is 0 Å². The molecule has 1 aromatic carbocycles. The number of nitrogens with zero attached hydrogens (tertiary/aromatic N) is 2. The summed E-state index contributed by atoms with van der Waals surface area (Å²) in [5.41, 5.74) is 4.40. The summed E-state index contributed by atoms with van der Waals surface area (Å²) >= 11 is 1.54. The van der Waals surface area contributed by atoms with E-state index in [1.807, 2.05) is 29.1 Å². The number of nitrogens with one attached hydrogen (secondary N) is 1. The normalized spacial score (nSPS) is 16.6. The number of hydrogen-bond donors (Lipinski definition) is 1. The standard InChI is InChI=1S/C19H19N3OS/c23-19(15-9-10-24-13-15)21-17-7-4-8-18-16(17)11-20-22(18)12-14-5-2-1-3-6-14/h1-3,5-6,9-11,13,17H,4,7-8,12H2,(H,21,23). The SMILES string of the molecule is O=C(NC1CCCc2c1cnn2Cc1ccccc1)c1ccsc1. The molecule has 1 aliphatic carbocycles. The summed E-state index contributed by atoms with van der Waals surface area (Å²) in [5.74, 6) is 0.00455. The van der Waals surface area contributed by atoms with Gasteiger partial charge in [0.2, 0.25) is 0 Å². The fourth-order valence-corrected chi connectivity index (χ4v) is 3.93. The molecule has 122 valence electrons. The quantitative estimate of drug-likeness (QED) is 0.787. The molecule has 0 spiro atoms. The van der Waals surface area contributed by atoms with Gasteiger partial charge in [0.1, 0.15) is 0 Å². The molecule has 1 unspecified atom stereocenters.